The molecule has 0 heterocycles. The van der Waals surface area contributed by atoms with Crippen molar-refractivity contribution in [2.24, 2.45) is 46.3 Å². The zero-order chi connectivity index (χ0) is 27.9. The van der Waals surface area contributed by atoms with Crippen LogP contribution in [-0.4, -0.2) is 58.2 Å². The number of esters is 1. The van der Waals surface area contributed by atoms with Crippen LogP contribution >= 0.6 is 0 Å². The molecule has 0 amide bonds. The second-order valence-electron chi connectivity index (χ2n) is 14.5. The summed E-state index contributed by atoms with van der Waals surface area (Å²) >= 11 is 0. The number of rotatable bonds is 10. The minimum Gasteiger partial charge on any atom is -0.469 e. The van der Waals surface area contributed by atoms with E-state index in [9.17, 15) is 13.2 Å². The van der Waals surface area contributed by atoms with Gasteiger partial charge in [-0.1, -0.05) is 34.6 Å². The van der Waals surface area contributed by atoms with Gasteiger partial charge in [-0.2, -0.15) is 0 Å². The molecule has 0 aromatic rings. The summed E-state index contributed by atoms with van der Waals surface area (Å²) in [7, 11) is -1.67. The molecular formula is C31H56N2O4S. The number of carbonyl (C=O) groups excluding carboxylic acids is 1. The minimum atomic E-state index is -3.14. The van der Waals surface area contributed by atoms with Gasteiger partial charge in [-0.25, -0.2) is 8.42 Å². The largest absolute Gasteiger partial charge is 0.469 e. The molecule has 4 aliphatic carbocycles. The average molecular weight is 553 g/mol. The predicted octanol–water partition coefficient (Wildman–Crippen LogP) is 5.21. The topological polar surface area (TPSA) is 84.5 Å². The van der Waals surface area contributed by atoms with E-state index in [1.165, 1.54) is 39.0 Å². The molecule has 10 atom stereocenters. The minimum absolute atomic E-state index is 0.120. The Kier molecular flexibility index (Phi) is 9.31. The van der Waals surface area contributed by atoms with Gasteiger partial charge in [0.15, 0.2) is 9.84 Å². The fourth-order valence-electron chi connectivity index (χ4n) is 10.1. The van der Waals surface area contributed by atoms with Crippen LogP contribution in [0.5, 0.6) is 0 Å². The molecule has 0 aromatic heterocycles. The normalized spacial score (nSPS) is 41.7. The van der Waals surface area contributed by atoms with Crippen LogP contribution in [0.25, 0.3) is 0 Å². The first-order valence-corrected chi connectivity index (χ1v) is 17.5. The Labute approximate surface area is 233 Å². The Morgan fingerprint density at radius 2 is 1.66 bits per heavy atom. The SMILES string of the molecule is COC(=O)CC[C@@H](C)C1CCC2C3C(CC[C@@]21C)[C@@]1(C)CC[C@H](NCCNC(C)C)C[C@@H]1C[C@H]3S(C)(=O)=O. The van der Waals surface area contributed by atoms with Crippen molar-refractivity contribution in [3.63, 3.8) is 0 Å². The van der Waals surface area contributed by atoms with Crippen LogP contribution in [-0.2, 0) is 19.4 Å². The molecule has 0 radical (unpaired) electrons. The van der Waals surface area contributed by atoms with Crippen LogP contribution in [0.2, 0.25) is 0 Å². The summed E-state index contributed by atoms with van der Waals surface area (Å²) in [6.07, 6.45) is 11.9. The number of methoxy groups -OCH3 is 1. The summed E-state index contributed by atoms with van der Waals surface area (Å²) in [5.74, 6) is 2.63. The van der Waals surface area contributed by atoms with Gasteiger partial charge in [0.1, 0.15) is 0 Å². The monoisotopic (exact) mass is 552 g/mol. The third-order valence-corrected chi connectivity index (χ3v) is 13.7. The van der Waals surface area contributed by atoms with E-state index in [1.807, 2.05) is 0 Å². The molecule has 4 rings (SSSR count). The molecule has 7 heteroatoms. The average Bonchev–Trinajstić information content (AvgIpc) is 3.21. The van der Waals surface area contributed by atoms with E-state index < -0.39 is 9.84 Å². The summed E-state index contributed by atoms with van der Waals surface area (Å²) in [4.78, 5) is 11.8. The first-order chi connectivity index (χ1) is 17.8. The van der Waals surface area contributed by atoms with Gasteiger partial charge in [0, 0.05) is 37.8 Å². The zero-order valence-electron chi connectivity index (χ0n) is 25.2. The fourth-order valence-corrected chi connectivity index (χ4v) is 11.6. The molecule has 6 nitrogen and oxygen atoms in total. The van der Waals surface area contributed by atoms with Crippen molar-refractivity contribution in [2.75, 3.05) is 26.5 Å². The van der Waals surface area contributed by atoms with Crippen LogP contribution in [0.1, 0.15) is 98.8 Å². The second-order valence-corrected chi connectivity index (χ2v) is 16.7. The number of ether oxygens (including phenoxy) is 1. The molecule has 0 bridgehead atoms. The van der Waals surface area contributed by atoms with E-state index >= 15 is 0 Å². The number of hydrogen-bond donors (Lipinski definition) is 2. The lowest BCUT2D eigenvalue weighted by Crippen LogP contribution is -2.60. The van der Waals surface area contributed by atoms with Crippen molar-refractivity contribution in [1.82, 2.24) is 10.6 Å². The van der Waals surface area contributed by atoms with Gasteiger partial charge in [0.2, 0.25) is 0 Å². The summed E-state index contributed by atoms with van der Waals surface area (Å²) in [6.45, 7) is 13.6. The molecule has 4 fully saturated rings. The lowest BCUT2D eigenvalue weighted by atomic mass is 9.44. The smallest absolute Gasteiger partial charge is 0.305 e. The highest BCUT2D eigenvalue weighted by atomic mass is 32.2. The predicted molar refractivity (Wildman–Crippen MR) is 155 cm³/mol. The van der Waals surface area contributed by atoms with E-state index in [4.69, 9.17) is 4.74 Å². The number of sulfone groups is 1. The van der Waals surface area contributed by atoms with E-state index in [1.54, 1.807) is 0 Å². The lowest BCUT2D eigenvalue weighted by molar-refractivity contribution is -0.141. The van der Waals surface area contributed by atoms with Crippen LogP contribution < -0.4 is 10.6 Å². The van der Waals surface area contributed by atoms with Gasteiger partial charge in [-0.3, -0.25) is 4.79 Å². The van der Waals surface area contributed by atoms with Crippen LogP contribution in [0.4, 0.5) is 0 Å². The lowest BCUT2D eigenvalue weighted by Gasteiger charge is -2.63. The molecule has 0 saturated heterocycles. The third-order valence-electron chi connectivity index (χ3n) is 12.1. The summed E-state index contributed by atoms with van der Waals surface area (Å²) in [6, 6.07) is 0.999. The van der Waals surface area contributed by atoms with Crippen molar-refractivity contribution in [3.05, 3.63) is 0 Å². The summed E-state index contributed by atoms with van der Waals surface area (Å²) in [5, 5.41) is 7.09. The molecule has 220 valence electrons. The number of nitrogens with one attached hydrogen (secondary N) is 2. The van der Waals surface area contributed by atoms with Gasteiger partial charge < -0.3 is 15.4 Å². The first-order valence-electron chi connectivity index (χ1n) is 15.5. The van der Waals surface area contributed by atoms with Crippen LogP contribution in [0.3, 0.4) is 0 Å². The maximum Gasteiger partial charge on any atom is 0.305 e. The molecule has 38 heavy (non-hydrogen) atoms. The van der Waals surface area contributed by atoms with E-state index in [0.717, 1.165) is 45.2 Å². The van der Waals surface area contributed by atoms with Crippen molar-refractivity contribution in [3.8, 4) is 0 Å². The van der Waals surface area contributed by atoms with Gasteiger partial charge in [0.05, 0.1) is 12.4 Å². The molecule has 4 unspecified atom stereocenters. The van der Waals surface area contributed by atoms with Crippen molar-refractivity contribution >= 4 is 15.8 Å². The highest BCUT2D eigenvalue weighted by Crippen LogP contribution is 2.69. The molecule has 0 spiro atoms. The summed E-state index contributed by atoms with van der Waals surface area (Å²) in [5.41, 5.74) is 0.418. The Balaban J connectivity index is 1.52. The molecule has 2 N–H and O–H groups in total. The fraction of sp³-hybridized carbons (Fsp3) is 0.968. The molecule has 0 aromatic carbocycles. The Morgan fingerprint density at radius 1 is 0.974 bits per heavy atom. The molecule has 0 aliphatic heterocycles. The van der Waals surface area contributed by atoms with Crippen molar-refractivity contribution < 1.29 is 17.9 Å². The number of carbonyl (C=O) groups is 1. The number of hydrogen-bond acceptors (Lipinski definition) is 6. The van der Waals surface area contributed by atoms with E-state index in [2.05, 4.69) is 45.3 Å². The van der Waals surface area contributed by atoms with Gasteiger partial charge in [-0.05, 0) is 104 Å². The standard InChI is InChI=1S/C31H56N2O4S/c1-20(2)32-16-17-33-23-12-14-30(4)22(18-23)19-27(38(7,35)36)29-25-10-9-24(21(3)8-11-28(34)37-6)31(25,5)15-13-26(29)30/h20-27,29,32-33H,8-19H2,1-7H3/t21-,22-,23+,24?,25?,26?,27-,29?,30+,31-/m1/s1. The molecule has 4 aliphatic rings. The van der Waals surface area contributed by atoms with E-state index in [-0.39, 0.29) is 28.0 Å². The van der Waals surface area contributed by atoms with Crippen LogP contribution in [0, 0.1) is 46.3 Å². The zero-order valence-corrected chi connectivity index (χ0v) is 26.0. The second kappa shape index (κ2) is 11.7. The Morgan fingerprint density at radius 3 is 2.32 bits per heavy atom. The Hall–Kier alpha value is -0.660. The van der Waals surface area contributed by atoms with Gasteiger partial charge in [-0.15, -0.1) is 0 Å². The highest BCUT2D eigenvalue weighted by Gasteiger charge is 2.64. The molecular weight excluding hydrogens is 496 g/mol. The van der Waals surface area contributed by atoms with Crippen LogP contribution in [0.15, 0.2) is 0 Å². The van der Waals surface area contributed by atoms with Gasteiger partial charge >= 0.3 is 5.97 Å². The maximum absolute atomic E-state index is 13.4. The first kappa shape index (κ1) is 30.3. The highest BCUT2D eigenvalue weighted by molar-refractivity contribution is 7.91. The number of fused-ring (bicyclic) bond motifs is 5. The quantitative estimate of drug-likeness (QED) is 0.286. The molecule has 4 saturated carbocycles. The third kappa shape index (κ3) is 5.86. The summed E-state index contributed by atoms with van der Waals surface area (Å²) < 4.78 is 31.7. The van der Waals surface area contributed by atoms with Gasteiger partial charge in [0.25, 0.3) is 0 Å². The van der Waals surface area contributed by atoms with Crippen molar-refractivity contribution in [2.45, 2.75) is 116 Å². The maximum atomic E-state index is 13.4. The van der Waals surface area contributed by atoms with E-state index in [0.29, 0.717) is 48.1 Å². The van der Waals surface area contributed by atoms with Crippen molar-refractivity contribution in [1.29, 1.82) is 0 Å². The Bertz CT molecular complexity index is 938.